The number of unbranched alkanes of at least 4 members (excludes halogenated alkanes) is 3. The van der Waals surface area contributed by atoms with Crippen LogP contribution in [0.4, 0.5) is 0 Å². The van der Waals surface area contributed by atoms with E-state index in [0.29, 0.717) is 12.5 Å². The number of hydrogen-bond acceptors (Lipinski definition) is 2. The van der Waals surface area contributed by atoms with Crippen molar-refractivity contribution in [1.29, 1.82) is 0 Å². The standard InChI is InChI=1S/C12H20OS/c1-2-3-4-5-6-11(9-13)12-7-8-14-10-12/h7-8,10-11,13H,2-6,9H2,1H3/t11-/m1/s1. The summed E-state index contributed by atoms with van der Waals surface area (Å²) in [6.07, 6.45) is 6.28. The van der Waals surface area contributed by atoms with Crippen molar-refractivity contribution in [2.45, 2.75) is 44.9 Å². The molecule has 1 heterocycles. The maximum atomic E-state index is 9.26. The minimum absolute atomic E-state index is 0.295. The lowest BCUT2D eigenvalue weighted by Gasteiger charge is -2.11. The van der Waals surface area contributed by atoms with Gasteiger partial charge >= 0.3 is 0 Å². The predicted octanol–water partition coefficient (Wildman–Crippen LogP) is 3.79. The summed E-state index contributed by atoms with van der Waals surface area (Å²) in [4.78, 5) is 0. The van der Waals surface area contributed by atoms with Crippen LogP contribution in [0.25, 0.3) is 0 Å². The van der Waals surface area contributed by atoms with Gasteiger partial charge in [0.15, 0.2) is 0 Å². The first kappa shape index (κ1) is 11.7. The van der Waals surface area contributed by atoms with Crippen molar-refractivity contribution < 1.29 is 5.11 Å². The van der Waals surface area contributed by atoms with Crippen LogP contribution in [-0.2, 0) is 0 Å². The molecule has 0 spiro atoms. The minimum atomic E-state index is 0.295. The van der Waals surface area contributed by atoms with Crippen molar-refractivity contribution in [2.24, 2.45) is 0 Å². The summed E-state index contributed by atoms with van der Waals surface area (Å²) in [5.74, 6) is 0.373. The van der Waals surface area contributed by atoms with Crippen LogP contribution < -0.4 is 0 Å². The third-order valence-corrected chi connectivity index (χ3v) is 3.34. The molecule has 0 bridgehead atoms. The summed E-state index contributed by atoms with van der Waals surface area (Å²) in [6.45, 7) is 2.52. The molecule has 1 atom stereocenters. The van der Waals surface area contributed by atoms with Crippen LogP contribution in [-0.4, -0.2) is 11.7 Å². The van der Waals surface area contributed by atoms with Gasteiger partial charge in [-0.15, -0.1) is 0 Å². The summed E-state index contributed by atoms with van der Waals surface area (Å²) in [7, 11) is 0. The van der Waals surface area contributed by atoms with Crippen LogP contribution in [0.3, 0.4) is 0 Å². The van der Waals surface area contributed by atoms with Gasteiger partial charge in [-0.1, -0.05) is 32.6 Å². The number of aliphatic hydroxyl groups excluding tert-OH is 1. The van der Waals surface area contributed by atoms with E-state index in [2.05, 4.69) is 23.8 Å². The Balaban J connectivity index is 2.26. The Kier molecular flexibility index (Phi) is 5.88. The molecule has 0 saturated carbocycles. The predicted molar refractivity (Wildman–Crippen MR) is 62.9 cm³/mol. The monoisotopic (exact) mass is 212 g/mol. The molecule has 0 saturated heterocycles. The number of rotatable bonds is 7. The molecule has 0 aromatic carbocycles. The average Bonchev–Trinajstić information content (AvgIpc) is 2.71. The van der Waals surface area contributed by atoms with E-state index in [1.165, 1.54) is 31.2 Å². The first-order valence-electron chi connectivity index (χ1n) is 5.51. The molecular formula is C12H20OS. The highest BCUT2D eigenvalue weighted by Gasteiger charge is 2.09. The van der Waals surface area contributed by atoms with Crippen LogP contribution in [0.15, 0.2) is 16.8 Å². The van der Waals surface area contributed by atoms with Gasteiger partial charge in [0.05, 0.1) is 0 Å². The second kappa shape index (κ2) is 7.02. The lowest BCUT2D eigenvalue weighted by molar-refractivity contribution is 0.256. The number of thiophene rings is 1. The molecule has 1 N–H and O–H groups in total. The van der Waals surface area contributed by atoms with E-state index in [9.17, 15) is 5.11 Å². The van der Waals surface area contributed by atoms with Crippen molar-refractivity contribution in [2.75, 3.05) is 6.61 Å². The summed E-state index contributed by atoms with van der Waals surface area (Å²) >= 11 is 1.72. The normalized spacial score (nSPS) is 13.0. The third-order valence-electron chi connectivity index (χ3n) is 2.64. The fraction of sp³-hybridized carbons (Fsp3) is 0.667. The molecule has 1 rings (SSSR count). The number of aliphatic hydroxyl groups is 1. The summed E-state index contributed by atoms with van der Waals surface area (Å²) < 4.78 is 0. The molecule has 0 amide bonds. The van der Waals surface area contributed by atoms with E-state index in [-0.39, 0.29) is 0 Å². The Morgan fingerprint density at radius 3 is 2.79 bits per heavy atom. The smallest absolute Gasteiger partial charge is 0.0500 e. The average molecular weight is 212 g/mol. The van der Waals surface area contributed by atoms with Gasteiger partial charge in [0.2, 0.25) is 0 Å². The van der Waals surface area contributed by atoms with Crippen molar-refractivity contribution in [3.05, 3.63) is 22.4 Å². The van der Waals surface area contributed by atoms with Crippen LogP contribution in [0.2, 0.25) is 0 Å². The first-order chi connectivity index (χ1) is 6.88. The van der Waals surface area contributed by atoms with Gasteiger partial charge in [-0.05, 0) is 28.8 Å². The molecule has 80 valence electrons. The van der Waals surface area contributed by atoms with E-state index in [0.717, 1.165) is 6.42 Å². The van der Waals surface area contributed by atoms with Crippen LogP contribution >= 0.6 is 11.3 Å². The quantitative estimate of drug-likeness (QED) is 0.682. The summed E-state index contributed by atoms with van der Waals surface area (Å²) in [5, 5.41) is 13.5. The van der Waals surface area contributed by atoms with Gasteiger partial charge < -0.3 is 5.11 Å². The Morgan fingerprint density at radius 1 is 1.36 bits per heavy atom. The fourth-order valence-corrected chi connectivity index (χ4v) is 2.43. The first-order valence-corrected chi connectivity index (χ1v) is 6.45. The number of hydrogen-bond donors (Lipinski definition) is 1. The summed E-state index contributed by atoms with van der Waals surface area (Å²) in [5.41, 5.74) is 1.31. The molecule has 0 radical (unpaired) electrons. The van der Waals surface area contributed by atoms with Gasteiger partial charge in [0.25, 0.3) is 0 Å². The van der Waals surface area contributed by atoms with Gasteiger partial charge in [-0.25, -0.2) is 0 Å². The van der Waals surface area contributed by atoms with Crippen LogP contribution in [0.5, 0.6) is 0 Å². The third kappa shape index (κ3) is 3.81. The molecule has 14 heavy (non-hydrogen) atoms. The molecule has 1 aromatic heterocycles. The van der Waals surface area contributed by atoms with Crippen LogP contribution in [0, 0.1) is 0 Å². The van der Waals surface area contributed by atoms with Gasteiger partial charge in [-0.3, -0.25) is 0 Å². The summed E-state index contributed by atoms with van der Waals surface area (Å²) in [6, 6.07) is 2.13. The Hall–Kier alpha value is -0.340. The molecule has 0 aliphatic rings. The highest BCUT2D eigenvalue weighted by Crippen LogP contribution is 2.24. The molecular weight excluding hydrogens is 192 g/mol. The van der Waals surface area contributed by atoms with E-state index in [4.69, 9.17) is 0 Å². The highest BCUT2D eigenvalue weighted by atomic mass is 32.1. The molecule has 0 aliphatic carbocycles. The maximum absolute atomic E-state index is 9.26. The van der Waals surface area contributed by atoms with Crippen molar-refractivity contribution in [1.82, 2.24) is 0 Å². The fourth-order valence-electron chi connectivity index (χ4n) is 1.69. The van der Waals surface area contributed by atoms with Gasteiger partial charge in [0.1, 0.15) is 0 Å². The molecule has 1 aromatic rings. The second-order valence-electron chi connectivity index (χ2n) is 3.79. The molecule has 0 fully saturated rings. The molecule has 2 heteroatoms. The zero-order valence-electron chi connectivity index (χ0n) is 8.91. The van der Waals surface area contributed by atoms with Crippen molar-refractivity contribution >= 4 is 11.3 Å². The van der Waals surface area contributed by atoms with E-state index in [1.54, 1.807) is 11.3 Å². The van der Waals surface area contributed by atoms with E-state index < -0.39 is 0 Å². The van der Waals surface area contributed by atoms with E-state index in [1.807, 2.05) is 0 Å². The second-order valence-corrected chi connectivity index (χ2v) is 4.57. The highest BCUT2D eigenvalue weighted by molar-refractivity contribution is 7.07. The van der Waals surface area contributed by atoms with Crippen molar-refractivity contribution in [3.8, 4) is 0 Å². The lowest BCUT2D eigenvalue weighted by atomic mass is 9.96. The van der Waals surface area contributed by atoms with Gasteiger partial charge in [-0.2, -0.15) is 11.3 Å². The van der Waals surface area contributed by atoms with Crippen molar-refractivity contribution in [3.63, 3.8) is 0 Å². The Morgan fingerprint density at radius 2 is 2.21 bits per heavy atom. The Bertz CT molecular complexity index is 218. The molecule has 0 aliphatic heterocycles. The molecule has 0 unspecified atom stereocenters. The minimum Gasteiger partial charge on any atom is -0.396 e. The van der Waals surface area contributed by atoms with Crippen LogP contribution in [0.1, 0.15) is 50.5 Å². The molecule has 1 nitrogen and oxygen atoms in total. The van der Waals surface area contributed by atoms with Gasteiger partial charge in [0, 0.05) is 12.5 Å². The topological polar surface area (TPSA) is 20.2 Å². The Labute approximate surface area is 90.8 Å². The SMILES string of the molecule is CCCCCC[C@H](CO)c1ccsc1. The zero-order valence-corrected chi connectivity index (χ0v) is 9.72. The van der Waals surface area contributed by atoms with E-state index >= 15 is 0 Å². The largest absolute Gasteiger partial charge is 0.396 e. The lowest BCUT2D eigenvalue weighted by Crippen LogP contribution is -2.02. The zero-order chi connectivity index (χ0) is 10.2. The maximum Gasteiger partial charge on any atom is 0.0500 e.